The van der Waals surface area contributed by atoms with Crippen molar-refractivity contribution in [3.05, 3.63) is 70.2 Å². The summed E-state index contributed by atoms with van der Waals surface area (Å²) in [6, 6.07) is 15.1. The molecular formula is C18H18ClN3O. The molecule has 0 aromatic heterocycles. The Hall–Kier alpha value is -2.30. The van der Waals surface area contributed by atoms with E-state index >= 15 is 0 Å². The van der Waals surface area contributed by atoms with Crippen LogP contribution in [0.25, 0.3) is 0 Å². The molecule has 4 nitrogen and oxygen atoms in total. The Morgan fingerprint density at radius 1 is 1.13 bits per heavy atom. The van der Waals surface area contributed by atoms with Gasteiger partial charge in [-0.1, -0.05) is 54.9 Å². The first-order valence-electron chi connectivity index (χ1n) is 7.24. The standard InChI is InChI=1S/C18H18ClN3O/c1-3-13-9-10-16(19)15(11-13)18(20-2)22-17(21-12-23)14-7-5-4-6-8-14/h4-11,23H,2-3,12H2,1H3. The van der Waals surface area contributed by atoms with Crippen LogP contribution in [0, 0.1) is 0 Å². The minimum absolute atomic E-state index is 0.360. The number of halogens is 1. The van der Waals surface area contributed by atoms with Crippen LogP contribution >= 0.6 is 11.6 Å². The fourth-order valence-electron chi connectivity index (χ4n) is 2.09. The highest BCUT2D eigenvalue weighted by atomic mass is 35.5. The summed E-state index contributed by atoms with van der Waals surface area (Å²) in [7, 11) is 0. The van der Waals surface area contributed by atoms with Crippen molar-refractivity contribution in [3.8, 4) is 0 Å². The van der Waals surface area contributed by atoms with Gasteiger partial charge in [-0.25, -0.2) is 15.0 Å². The first-order valence-corrected chi connectivity index (χ1v) is 7.62. The van der Waals surface area contributed by atoms with Gasteiger partial charge >= 0.3 is 0 Å². The minimum Gasteiger partial charge on any atom is -0.374 e. The second kappa shape index (κ2) is 8.36. The Balaban J connectivity index is 2.52. The molecule has 0 atom stereocenters. The van der Waals surface area contributed by atoms with E-state index in [1.165, 1.54) is 0 Å². The molecule has 0 fully saturated rings. The van der Waals surface area contributed by atoms with Gasteiger partial charge in [-0.05, 0) is 30.8 Å². The number of aliphatic hydroxyl groups is 1. The number of aliphatic imine (C=N–C) groups is 3. The molecule has 5 heteroatoms. The van der Waals surface area contributed by atoms with Gasteiger partial charge in [-0.3, -0.25) is 0 Å². The van der Waals surface area contributed by atoms with E-state index in [1.54, 1.807) is 0 Å². The van der Waals surface area contributed by atoms with E-state index in [-0.39, 0.29) is 6.73 Å². The normalized spacial score (nSPS) is 12.3. The Bertz CT molecular complexity index is 739. The molecule has 0 spiro atoms. The number of aryl methyl sites for hydroxylation is 1. The van der Waals surface area contributed by atoms with Crippen molar-refractivity contribution in [2.45, 2.75) is 13.3 Å². The third kappa shape index (κ3) is 4.34. The fourth-order valence-corrected chi connectivity index (χ4v) is 2.29. The van der Waals surface area contributed by atoms with Crippen LogP contribution in [0.2, 0.25) is 5.02 Å². The van der Waals surface area contributed by atoms with Crippen molar-refractivity contribution < 1.29 is 5.11 Å². The van der Waals surface area contributed by atoms with Gasteiger partial charge in [0.1, 0.15) is 6.73 Å². The number of benzene rings is 2. The van der Waals surface area contributed by atoms with Crippen LogP contribution < -0.4 is 0 Å². The Labute approximate surface area is 140 Å². The maximum atomic E-state index is 9.16. The number of hydrogen-bond acceptors (Lipinski definition) is 2. The SMILES string of the molecule is C=NC(=NC(=NCO)c1ccccc1)c1cc(CC)ccc1Cl. The summed E-state index contributed by atoms with van der Waals surface area (Å²) in [6.07, 6.45) is 0.880. The molecule has 2 aromatic rings. The summed E-state index contributed by atoms with van der Waals surface area (Å²) in [5.41, 5.74) is 2.61. The highest BCUT2D eigenvalue weighted by Crippen LogP contribution is 2.20. The van der Waals surface area contributed by atoms with Crippen LogP contribution in [-0.4, -0.2) is 30.2 Å². The maximum Gasteiger partial charge on any atom is 0.162 e. The first kappa shape index (κ1) is 17.1. The largest absolute Gasteiger partial charge is 0.374 e. The van der Waals surface area contributed by atoms with Crippen molar-refractivity contribution in [3.63, 3.8) is 0 Å². The van der Waals surface area contributed by atoms with E-state index in [0.717, 1.165) is 17.5 Å². The second-order valence-electron chi connectivity index (χ2n) is 4.75. The molecule has 118 valence electrons. The van der Waals surface area contributed by atoms with Crippen LogP contribution in [-0.2, 0) is 6.42 Å². The molecule has 0 aliphatic rings. The van der Waals surface area contributed by atoms with Gasteiger partial charge in [0.15, 0.2) is 11.7 Å². The zero-order valence-electron chi connectivity index (χ0n) is 12.9. The zero-order valence-corrected chi connectivity index (χ0v) is 13.7. The van der Waals surface area contributed by atoms with Crippen molar-refractivity contribution in [2.24, 2.45) is 15.0 Å². The van der Waals surface area contributed by atoms with Gasteiger partial charge in [-0.2, -0.15) is 0 Å². The lowest BCUT2D eigenvalue weighted by molar-refractivity contribution is 0.309. The third-order valence-electron chi connectivity index (χ3n) is 3.29. The van der Waals surface area contributed by atoms with E-state index < -0.39 is 0 Å². The topological polar surface area (TPSA) is 57.3 Å². The summed E-state index contributed by atoms with van der Waals surface area (Å²) >= 11 is 6.28. The predicted molar refractivity (Wildman–Crippen MR) is 97.0 cm³/mol. The van der Waals surface area contributed by atoms with Crippen LogP contribution in [0.1, 0.15) is 23.6 Å². The summed E-state index contributed by atoms with van der Waals surface area (Å²) in [5, 5.41) is 9.71. The van der Waals surface area contributed by atoms with Crippen LogP contribution in [0.15, 0.2) is 63.5 Å². The molecular weight excluding hydrogens is 310 g/mol. The van der Waals surface area contributed by atoms with Gasteiger partial charge in [0, 0.05) is 11.1 Å². The number of rotatable bonds is 4. The highest BCUT2D eigenvalue weighted by Gasteiger charge is 2.10. The van der Waals surface area contributed by atoms with Crippen LogP contribution in [0.4, 0.5) is 0 Å². The molecule has 0 bridgehead atoms. The van der Waals surface area contributed by atoms with Crippen molar-refractivity contribution in [2.75, 3.05) is 6.73 Å². The fraction of sp³-hybridized carbons (Fsp3) is 0.167. The number of nitrogens with zero attached hydrogens (tertiary/aromatic N) is 3. The van der Waals surface area contributed by atoms with E-state index in [1.807, 2.05) is 48.5 Å². The second-order valence-corrected chi connectivity index (χ2v) is 5.16. The molecule has 2 aromatic carbocycles. The van der Waals surface area contributed by atoms with Crippen molar-refractivity contribution in [1.82, 2.24) is 0 Å². The Morgan fingerprint density at radius 2 is 1.87 bits per heavy atom. The Kier molecular flexibility index (Phi) is 6.20. The maximum absolute atomic E-state index is 9.16. The molecule has 0 saturated heterocycles. The highest BCUT2D eigenvalue weighted by molar-refractivity contribution is 6.34. The van der Waals surface area contributed by atoms with Crippen molar-refractivity contribution >= 4 is 30.0 Å². The molecule has 0 aliphatic heterocycles. The minimum atomic E-state index is -0.360. The Morgan fingerprint density at radius 3 is 2.48 bits per heavy atom. The third-order valence-corrected chi connectivity index (χ3v) is 3.62. The molecule has 0 radical (unpaired) electrons. The lowest BCUT2D eigenvalue weighted by atomic mass is 10.1. The summed E-state index contributed by atoms with van der Waals surface area (Å²) < 4.78 is 0. The van der Waals surface area contributed by atoms with E-state index in [9.17, 15) is 0 Å². The molecule has 0 unspecified atom stereocenters. The van der Waals surface area contributed by atoms with Crippen LogP contribution in [0.3, 0.4) is 0 Å². The predicted octanol–water partition coefficient (Wildman–Crippen LogP) is 3.75. The summed E-state index contributed by atoms with van der Waals surface area (Å²) in [4.78, 5) is 12.5. The molecule has 23 heavy (non-hydrogen) atoms. The summed E-state index contributed by atoms with van der Waals surface area (Å²) in [6.45, 7) is 5.29. The van der Waals surface area contributed by atoms with E-state index in [0.29, 0.717) is 22.3 Å². The molecule has 0 saturated carbocycles. The van der Waals surface area contributed by atoms with Gasteiger partial charge in [0.05, 0.1) is 5.02 Å². The molecule has 0 amide bonds. The van der Waals surface area contributed by atoms with Gasteiger partial charge < -0.3 is 5.11 Å². The summed E-state index contributed by atoms with van der Waals surface area (Å²) in [5.74, 6) is 0.759. The quantitative estimate of drug-likeness (QED) is 0.675. The number of aliphatic hydroxyl groups excluding tert-OH is 1. The lowest BCUT2D eigenvalue weighted by Gasteiger charge is -2.08. The molecule has 0 aliphatic carbocycles. The van der Waals surface area contributed by atoms with Gasteiger partial charge in [0.25, 0.3) is 0 Å². The number of hydrogen-bond donors (Lipinski definition) is 1. The van der Waals surface area contributed by atoms with E-state index in [4.69, 9.17) is 16.7 Å². The molecule has 0 heterocycles. The molecule has 2 rings (SSSR count). The van der Waals surface area contributed by atoms with Crippen LogP contribution in [0.5, 0.6) is 0 Å². The number of amidine groups is 2. The lowest BCUT2D eigenvalue weighted by Crippen LogP contribution is -2.06. The smallest absolute Gasteiger partial charge is 0.162 e. The first-order chi connectivity index (χ1) is 11.2. The van der Waals surface area contributed by atoms with E-state index in [2.05, 4.69) is 28.6 Å². The van der Waals surface area contributed by atoms with Crippen molar-refractivity contribution in [1.29, 1.82) is 0 Å². The average Bonchev–Trinajstić information content (AvgIpc) is 2.60. The monoisotopic (exact) mass is 327 g/mol. The zero-order chi connectivity index (χ0) is 16.7. The average molecular weight is 328 g/mol. The van der Waals surface area contributed by atoms with Gasteiger partial charge in [0.2, 0.25) is 0 Å². The molecule has 1 N–H and O–H groups in total. The van der Waals surface area contributed by atoms with Gasteiger partial charge in [-0.15, -0.1) is 0 Å².